The van der Waals surface area contributed by atoms with Crippen LogP contribution in [-0.2, 0) is 28.7 Å². The van der Waals surface area contributed by atoms with Gasteiger partial charge in [-0.15, -0.1) is 24.0 Å². The molecule has 1 aromatic rings. The molecule has 0 amide bonds. The summed E-state index contributed by atoms with van der Waals surface area (Å²) >= 11 is 0. The van der Waals surface area contributed by atoms with Gasteiger partial charge < -0.3 is 15.4 Å². The maximum atomic E-state index is 12.2. The first-order valence-corrected chi connectivity index (χ1v) is 11.3. The van der Waals surface area contributed by atoms with Gasteiger partial charge in [0, 0.05) is 41.4 Å². The Morgan fingerprint density at radius 2 is 2.03 bits per heavy atom. The molecule has 0 radical (unpaired) electrons. The van der Waals surface area contributed by atoms with Gasteiger partial charge in [-0.1, -0.05) is 37.6 Å². The summed E-state index contributed by atoms with van der Waals surface area (Å²) in [7, 11) is 0.917. The van der Waals surface area contributed by atoms with Crippen LogP contribution in [0.25, 0.3) is 0 Å². The van der Waals surface area contributed by atoms with Crippen molar-refractivity contribution in [1.29, 1.82) is 0 Å². The van der Waals surface area contributed by atoms with E-state index in [1.54, 1.807) is 19.2 Å². The van der Waals surface area contributed by atoms with Gasteiger partial charge in [0.15, 0.2) is 5.96 Å². The molecule has 1 aromatic carbocycles. The molecule has 1 aliphatic carbocycles. The van der Waals surface area contributed by atoms with Crippen molar-refractivity contribution in [2.45, 2.75) is 63.2 Å². The highest BCUT2D eigenvalue weighted by molar-refractivity contribution is 14.0. The summed E-state index contributed by atoms with van der Waals surface area (Å²) in [5.74, 6) is 1.35. The van der Waals surface area contributed by atoms with E-state index in [4.69, 9.17) is 4.74 Å². The van der Waals surface area contributed by atoms with Gasteiger partial charge in [-0.25, -0.2) is 0 Å². The number of nitrogens with zero attached hydrogens (tertiary/aromatic N) is 1. The van der Waals surface area contributed by atoms with E-state index in [1.165, 1.54) is 0 Å². The summed E-state index contributed by atoms with van der Waals surface area (Å²) in [5, 5.41) is 6.88. The van der Waals surface area contributed by atoms with Crippen LogP contribution in [0.1, 0.15) is 43.7 Å². The molecule has 1 aliphatic rings. The zero-order chi connectivity index (χ0) is 21.3. The molecule has 0 bridgehead atoms. The molecule has 5 nitrogen and oxygen atoms in total. The van der Waals surface area contributed by atoms with Gasteiger partial charge >= 0.3 is 6.18 Å². The molecule has 2 rings (SSSR count). The Morgan fingerprint density at radius 3 is 2.70 bits per heavy atom. The molecular weight excluding hydrogens is 530 g/mol. The Labute approximate surface area is 196 Å². The van der Waals surface area contributed by atoms with Gasteiger partial charge in [0.1, 0.15) is 6.61 Å². The van der Waals surface area contributed by atoms with Gasteiger partial charge in [0.2, 0.25) is 0 Å². The van der Waals surface area contributed by atoms with E-state index >= 15 is 0 Å². The van der Waals surface area contributed by atoms with Crippen molar-refractivity contribution in [1.82, 2.24) is 10.6 Å². The molecule has 1 saturated carbocycles. The van der Waals surface area contributed by atoms with Crippen molar-refractivity contribution >= 4 is 40.7 Å². The monoisotopic (exact) mass is 561 g/mol. The molecule has 0 heterocycles. The fraction of sp³-hybridized carbons (Fsp3) is 0.650. The summed E-state index contributed by atoms with van der Waals surface area (Å²) in [5.41, 5.74) is 1.61. The second kappa shape index (κ2) is 13.5. The third kappa shape index (κ3) is 9.95. The van der Waals surface area contributed by atoms with E-state index in [0.29, 0.717) is 23.8 Å². The number of aliphatic imine (C=N–C) groups is 1. The molecule has 0 spiro atoms. The summed E-state index contributed by atoms with van der Waals surface area (Å²) < 4.78 is 53.4. The fourth-order valence-corrected chi connectivity index (χ4v) is 4.79. The minimum atomic E-state index is -4.32. The van der Waals surface area contributed by atoms with Crippen molar-refractivity contribution in [2.24, 2.45) is 4.99 Å². The van der Waals surface area contributed by atoms with Gasteiger partial charge in [-0.3, -0.25) is 9.20 Å². The molecule has 3 unspecified atom stereocenters. The topological polar surface area (TPSA) is 62.7 Å². The van der Waals surface area contributed by atoms with Crippen molar-refractivity contribution in [3.63, 3.8) is 0 Å². The average molecular weight is 561 g/mol. The molecule has 0 saturated heterocycles. The Bertz CT molecular complexity index is 704. The zero-order valence-corrected chi connectivity index (χ0v) is 20.5. The number of nitrogens with one attached hydrogen (secondary N) is 2. The van der Waals surface area contributed by atoms with Crippen molar-refractivity contribution < 1.29 is 22.1 Å². The third-order valence-corrected chi connectivity index (χ3v) is 6.57. The number of benzene rings is 1. The van der Waals surface area contributed by atoms with Gasteiger partial charge in [-0.2, -0.15) is 13.2 Å². The SMILES string of the molecule is CCS(=O)C1CCCC(NC(=NC)NCc2cccc(COCC(F)(F)F)c2)C1.I. The van der Waals surface area contributed by atoms with Crippen LogP contribution in [0.2, 0.25) is 0 Å². The maximum Gasteiger partial charge on any atom is 0.411 e. The Kier molecular flexibility index (Phi) is 12.2. The quantitative estimate of drug-likeness (QED) is 0.285. The molecule has 1 fully saturated rings. The fourth-order valence-electron chi connectivity index (χ4n) is 3.44. The normalized spacial score (nSPS) is 20.9. The highest BCUT2D eigenvalue weighted by Crippen LogP contribution is 2.23. The molecule has 0 aromatic heterocycles. The van der Waals surface area contributed by atoms with Crippen LogP contribution in [-0.4, -0.2) is 47.0 Å². The van der Waals surface area contributed by atoms with Crippen LogP contribution >= 0.6 is 24.0 Å². The summed E-state index contributed by atoms with van der Waals surface area (Å²) in [6.45, 7) is 1.11. The highest BCUT2D eigenvalue weighted by atomic mass is 127. The number of alkyl halides is 3. The minimum absolute atomic E-state index is 0. The lowest BCUT2D eigenvalue weighted by Crippen LogP contribution is -2.46. The average Bonchev–Trinajstić information content (AvgIpc) is 2.70. The van der Waals surface area contributed by atoms with Crippen LogP contribution < -0.4 is 10.6 Å². The summed E-state index contributed by atoms with van der Waals surface area (Å²) in [6, 6.07) is 7.48. The molecule has 172 valence electrons. The second-order valence-corrected chi connectivity index (χ2v) is 9.16. The Hall–Kier alpha value is -0.880. The molecular formula is C20H31F3IN3O2S. The smallest absolute Gasteiger partial charge is 0.367 e. The zero-order valence-electron chi connectivity index (χ0n) is 17.3. The number of hydrogen-bond acceptors (Lipinski definition) is 3. The van der Waals surface area contributed by atoms with Crippen LogP contribution in [0.3, 0.4) is 0 Å². The Balaban J connectivity index is 0.00000450. The van der Waals surface area contributed by atoms with Crippen molar-refractivity contribution in [3.8, 4) is 0 Å². The second-order valence-electron chi connectivity index (χ2n) is 7.15. The first-order chi connectivity index (χ1) is 13.8. The van der Waals surface area contributed by atoms with Gasteiger partial charge in [0.25, 0.3) is 0 Å². The van der Waals surface area contributed by atoms with Crippen LogP contribution in [0.4, 0.5) is 13.2 Å². The first kappa shape index (κ1) is 27.2. The molecule has 30 heavy (non-hydrogen) atoms. The van der Waals surface area contributed by atoms with Gasteiger partial charge in [-0.05, 0) is 30.4 Å². The third-order valence-electron chi connectivity index (χ3n) is 4.83. The maximum absolute atomic E-state index is 12.2. The summed E-state index contributed by atoms with van der Waals surface area (Å²) in [4.78, 5) is 4.26. The minimum Gasteiger partial charge on any atom is -0.367 e. The Morgan fingerprint density at radius 1 is 1.30 bits per heavy atom. The number of ether oxygens (including phenoxy) is 1. The molecule has 2 N–H and O–H groups in total. The predicted molar refractivity (Wildman–Crippen MR) is 126 cm³/mol. The predicted octanol–water partition coefficient (Wildman–Crippen LogP) is 4.13. The molecule has 0 aliphatic heterocycles. The lowest BCUT2D eigenvalue weighted by Gasteiger charge is -2.30. The van der Waals surface area contributed by atoms with Crippen LogP contribution in [0.15, 0.2) is 29.3 Å². The van der Waals surface area contributed by atoms with E-state index in [9.17, 15) is 17.4 Å². The highest BCUT2D eigenvalue weighted by Gasteiger charge is 2.27. The van der Waals surface area contributed by atoms with Crippen LogP contribution in [0.5, 0.6) is 0 Å². The van der Waals surface area contributed by atoms with E-state index in [0.717, 1.165) is 31.2 Å². The molecule has 10 heteroatoms. The van der Waals surface area contributed by atoms with E-state index < -0.39 is 23.6 Å². The lowest BCUT2D eigenvalue weighted by atomic mass is 9.95. The number of halogens is 4. The standard InChI is InChI=1S/C20H30F3N3O2S.HI/c1-3-29(27)18-9-5-8-17(11-18)26-19(24-2)25-12-15-6-4-7-16(10-15)13-28-14-20(21,22)23;/h4,6-7,10,17-18H,3,5,8-9,11-14H2,1-2H3,(H2,24,25,26);1H. The van der Waals surface area contributed by atoms with E-state index in [-0.39, 0.29) is 41.9 Å². The van der Waals surface area contributed by atoms with Gasteiger partial charge in [0.05, 0.1) is 6.61 Å². The first-order valence-electron chi connectivity index (χ1n) is 9.87. The van der Waals surface area contributed by atoms with Crippen molar-refractivity contribution in [2.75, 3.05) is 19.4 Å². The lowest BCUT2D eigenvalue weighted by molar-refractivity contribution is -0.176. The van der Waals surface area contributed by atoms with Crippen LogP contribution in [0, 0.1) is 0 Å². The van der Waals surface area contributed by atoms with E-state index in [1.807, 2.05) is 19.1 Å². The number of guanidine groups is 1. The van der Waals surface area contributed by atoms with E-state index in [2.05, 4.69) is 15.6 Å². The number of rotatable bonds is 8. The largest absolute Gasteiger partial charge is 0.411 e. The van der Waals surface area contributed by atoms with Crippen molar-refractivity contribution in [3.05, 3.63) is 35.4 Å². The molecule has 3 atom stereocenters. The number of hydrogen-bond donors (Lipinski definition) is 2. The summed E-state index contributed by atoms with van der Waals surface area (Å²) in [6.07, 6.45) is -0.380.